The van der Waals surface area contributed by atoms with Crippen molar-refractivity contribution in [2.75, 3.05) is 11.9 Å². The van der Waals surface area contributed by atoms with Crippen molar-refractivity contribution >= 4 is 39.0 Å². The summed E-state index contributed by atoms with van der Waals surface area (Å²) in [4.78, 5) is 21.6. The summed E-state index contributed by atoms with van der Waals surface area (Å²) in [6.45, 7) is 4.23. The van der Waals surface area contributed by atoms with Crippen LogP contribution in [-0.4, -0.2) is 22.5 Å². The number of aryl methyl sites for hydroxylation is 1. The number of nitrogens with one attached hydrogen (secondary N) is 1. The van der Waals surface area contributed by atoms with Crippen molar-refractivity contribution in [2.24, 2.45) is 0 Å². The Bertz CT molecular complexity index is 1120. The highest BCUT2D eigenvalue weighted by atomic mass is 32.1. The molecular formula is C22H19N3O2S. The smallest absolute Gasteiger partial charge is 0.338 e. The fourth-order valence-corrected chi connectivity index (χ4v) is 3.87. The van der Waals surface area contributed by atoms with Gasteiger partial charge in [0, 0.05) is 16.6 Å². The normalized spacial score (nSPS) is 10.8. The molecule has 0 fully saturated rings. The number of aromatic nitrogens is 2. The van der Waals surface area contributed by atoms with Crippen LogP contribution in [-0.2, 0) is 4.74 Å². The summed E-state index contributed by atoms with van der Waals surface area (Å²) in [6, 6.07) is 15.6. The van der Waals surface area contributed by atoms with E-state index >= 15 is 0 Å². The molecule has 140 valence electrons. The van der Waals surface area contributed by atoms with Crippen molar-refractivity contribution in [2.45, 2.75) is 13.8 Å². The van der Waals surface area contributed by atoms with Gasteiger partial charge < -0.3 is 10.1 Å². The van der Waals surface area contributed by atoms with E-state index in [-0.39, 0.29) is 5.97 Å². The molecule has 0 aliphatic rings. The van der Waals surface area contributed by atoms with Crippen LogP contribution in [0, 0.1) is 6.92 Å². The first kappa shape index (κ1) is 18.1. The second-order valence-electron chi connectivity index (χ2n) is 6.34. The number of hydrogen-bond donors (Lipinski definition) is 1. The van der Waals surface area contributed by atoms with Gasteiger partial charge >= 0.3 is 5.97 Å². The minimum Gasteiger partial charge on any atom is -0.462 e. The maximum atomic E-state index is 11.8. The summed E-state index contributed by atoms with van der Waals surface area (Å²) >= 11 is 1.60. The first-order valence-electron chi connectivity index (χ1n) is 8.99. The molecule has 1 N–H and O–H groups in total. The lowest BCUT2D eigenvalue weighted by Gasteiger charge is -2.09. The Hall–Kier alpha value is -3.25. The number of ether oxygens (including phenoxy) is 1. The van der Waals surface area contributed by atoms with Crippen LogP contribution in [0.5, 0.6) is 0 Å². The van der Waals surface area contributed by atoms with Crippen molar-refractivity contribution in [1.82, 2.24) is 9.97 Å². The van der Waals surface area contributed by atoms with E-state index in [0.29, 0.717) is 12.2 Å². The Labute approximate surface area is 167 Å². The molecule has 0 aliphatic heterocycles. The molecule has 4 aromatic rings. The van der Waals surface area contributed by atoms with Gasteiger partial charge in [-0.25, -0.2) is 14.8 Å². The second kappa shape index (κ2) is 7.78. The van der Waals surface area contributed by atoms with Gasteiger partial charge in [0.25, 0.3) is 0 Å². The molecule has 0 unspecified atom stereocenters. The SMILES string of the molecule is CCOC(=O)c1ccc(Nc2ncnc3scc(-c4ccc(C)cc4)c23)cc1. The average Bonchev–Trinajstić information content (AvgIpc) is 3.14. The third-order valence-electron chi connectivity index (χ3n) is 4.39. The zero-order chi connectivity index (χ0) is 19.5. The molecule has 0 amide bonds. The number of anilines is 2. The van der Waals surface area contributed by atoms with Crippen LogP contribution in [0.25, 0.3) is 21.3 Å². The lowest BCUT2D eigenvalue weighted by molar-refractivity contribution is 0.0526. The molecule has 28 heavy (non-hydrogen) atoms. The predicted molar refractivity (Wildman–Crippen MR) is 113 cm³/mol. The van der Waals surface area contributed by atoms with Gasteiger partial charge in [-0.1, -0.05) is 29.8 Å². The van der Waals surface area contributed by atoms with Crippen molar-refractivity contribution in [1.29, 1.82) is 0 Å². The minimum atomic E-state index is -0.321. The van der Waals surface area contributed by atoms with Gasteiger partial charge in [-0.3, -0.25) is 0 Å². The molecule has 6 heteroatoms. The van der Waals surface area contributed by atoms with Crippen molar-refractivity contribution in [3.05, 3.63) is 71.4 Å². The Kier molecular flexibility index (Phi) is 5.04. The molecule has 0 radical (unpaired) electrons. The molecule has 2 aromatic carbocycles. The van der Waals surface area contributed by atoms with Gasteiger partial charge in [-0.2, -0.15) is 0 Å². The van der Waals surface area contributed by atoms with Gasteiger partial charge in [0.05, 0.1) is 17.6 Å². The largest absolute Gasteiger partial charge is 0.462 e. The second-order valence-corrected chi connectivity index (χ2v) is 7.20. The molecular weight excluding hydrogens is 370 g/mol. The van der Waals surface area contributed by atoms with Gasteiger partial charge in [-0.05, 0) is 43.7 Å². The molecule has 0 saturated carbocycles. The fraction of sp³-hybridized carbons (Fsp3) is 0.136. The number of thiophene rings is 1. The monoisotopic (exact) mass is 389 g/mol. The molecule has 2 aromatic heterocycles. The van der Waals surface area contributed by atoms with E-state index < -0.39 is 0 Å². The first-order valence-corrected chi connectivity index (χ1v) is 9.87. The van der Waals surface area contributed by atoms with Crippen molar-refractivity contribution < 1.29 is 9.53 Å². The van der Waals surface area contributed by atoms with Gasteiger partial charge in [-0.15, -0.1) is 11.3 Å². The molecule has 0 bridgehead atoms. The first-order chi connectivity index (χ1) is 13.7. The summed E-state index contributed by atoms with van der Waals surface area (Å²) in [5.41, 5.74) is 4.82. The van der Waals surface area contributed by atoms with Crippen LogP contribution in [0.1, 0.15) is 22.8 Å². The lowest BCUT2D eigenvalue weighted by Crippen LogP contribution is -2.04. The van der Waals surface area contributed by atoms with E-state index in [9.17, 15) is 4.79 Å². The maximum Gasteiger partial charge on any atom is 0.338 e. The topological polar surface area (TPSA) is 64.1 Å². The minimum absolute atomic E-state index is 0.321. The highest BCUT2D eigenvalue weighted by molar-refractivity contribution is 7.17. The van der Waals surface area contributed by atoms with Crippen LogP contribution in [0.2, 0.25) is 0 Å². The molecule has 0 aliphatic carbocycles. The summed E-state index contributed by atoms with van der Waals surface area (Å²) in [6.07, 6.45) is 1.56. The van der Waals surface area contributed by atoms with Gasteiger partial charge in [0.2, 0.25) is 0 Å². The summed E-state index contributed by atoms with van der Waals surface area (Å²) in [7, 11) is 0. The molecule has 4 rings (SSSR count). The fourth-order valence-electron chi connectivity index (χ4n) is 2.96. The number of esters is 1. The zero-order valence-corrected chi connectivity index (χ0v) is 16.4. The van der Waals surface area contributed by atoms with Crippen LogP contribution in [0.4, 0.5) is 11.5 Å². The Morgan fingerprint density at radius 3 is 2.54 bits per heavy atom. The maximum absolute atomic E-state index is 11.8. The van der Waals surface area contributed by atoms with E-state index in [2.05, 4.69) is 51.9 Å². The van der Waals surface area contributed by atoms with Gasteiger partial charge in [0.15, 0.2) is 0 Å². The van der Waals surface area contributed by atoms with E-state index in [1.54, 1.807) is 36.7 Å². The lowest BCUT2D eigenvalue weighted by atomic mass is 10.0. The number of rotatable bonds is 5. The summed E-state index contributed by atoms with van der Waals surface area (Å²) in [5.74, 6) is 0.420. The van der Waals surface area contributed by atoms with E-state index in [0.717, 1.165) is 32.8 Å². The zero-order valence-electron chi connectivity index (χ0n) is 15.6. The Morgan fingerprint density at radius 1 is 1.07 bits per heavy atom. The third kappa shape index (κ3) is 3.59. The van der Waals surface area contributed by atoms with E-state index in [4.69, 9.17) is 4.74 Å². The van der Waals surface area contributed by atoms with Crippen LogP contribution in [0.15, 0.2) is 60.2 Å². The highest BCUT2D eigenvalue weighted by Crippen LogP contribution is 2.37. The Morgan fingerprint density at radius 2 is 1.82 bits per heavy atom. The highest BCUT2D eigenvalue weighted by Gasteiger charge is 2.14. The molecule has 2 heterocycles. The number of hydrogen-bond acceptors (Lipinski definition) is 6. The summed E-state index contributed by atoms with van der Waals surface area (Å²) in [5, 5.41) is 6.46. The summed E-state index contributed by atoms with van der Waals surface area (Å²) < 4.78 is 5.03. The number of carbonyl (C=O) groups excluding carboxylic acids is 1. The Balaban J connectivity index is 1.68. The third-order valence-corrected chi connectivity index (χ3v) is 5.28. The van der Waals surface area contributed by atoms with Crippen LogP contribution in [0.3, 0.4) is 0 Å². The van der Waals surface area contributed by atoms with E-state index in [1.165, 1.54) is 5.56 Å². The van der Waals surface area contributed by atoms with Crippen LogP contribution >= 0.6 is 11.3 Å². The molecule has 0 atom stereocenters. The molecule has 5 nitrogen and oxygen atoms in total. The van der Waals surface area contributed by atoms with Crippen molar-refractivity contribution in [3.63, 3.8) is 0 Å². The predicted octanol–water partition coefficient (Wildman–Crippen LogP) is 5.59. The quantitative estimate of drug-likeness (QED) is 0.451. The van der Waals surface area contributed by atoms with E-state index in [1.807, 2.05) is 12.1 Å². The standard InChI is InChI=1S/C22H19N3O2S/c1-3-27-22(26)16-8-10-17(11-9-16)25-20-19-18(12-28-21(19)24-13-23-20)15-6-4-14(2)5-7-15/h4-13H,3H2,1-2H3,(H,23,24,25). The number of nitrogens with zero attached hydrogens (tertiary/aromatic N) is 2. The average molecular weight is 389 g/mol. The number of carbonyl (C=O) groups is 1. The molecule has 0 spiro atoms. The number of benzene rings is 2. The number of fused-ring (bicyclic) bond motifs is 1. The van der Waals surface area contributed by atoms with Gasteiger partial charge in [0.1, 0.15) is 17.0 Å². The molecule has 0 saturated heterocycles. The van der Waals surface area contributed by atoms with Crippen LogP contribution < -0.4 is 5.32 Å². The van der Waals surface area contributed by atoms with Crippen molar-refractivity contribution in [3.8, 4) is 11.1 Å².